The Kier molecular flexibility index (Phi) is 4.72. The van der Waals surface area contributed by atoms with Crippen LogP contribution in [0.25, 0.3) is 0 Å². The van der Waals surface area contributed by atoms with E-state index in [1.807, 2.05) is 0 Å². The minimum absolute atomic E-state index is 0.0632. The zero-order valence-corrected chi connectivity index (χ0v) is 11.3. The summed E-state index contributed by atoms with van der Waals surface area (Å²) < 4.78 is 4.90. The van der Waals surface area contributed by atoms with Crippen LogP contribution in [0.4, 0.5) is 0 Å². The molecule has 8 heteroatoms. The molecular weight excluding hydrogens is 296 g/mol. The molecule has 1 unspecified atom stereocenters. The normalized spacial score (nSPS) is 19.6. The molecule has 1 aliphatic rings. The van der Waals surface area contributed by atoms with Gasteiger partial charge in [0.15, 0.2) is 6.10 Å². The first kappa shape index (κ1) is 15.5. The van der Waals surface area contributed by atoms with Crippen molar-refractivity contribution in [3.63, 3.8) is 0 Å². The Labute approximate surface area is 124 Å². The van der Waals surface area contributed by atoms with E-state index in [-0.39, 0.29) is 30.4 Å². The SMILES string of the molecule is O=C1CCCC(C(=O)O)OC(=O)c2ccccc2C(=O)OO1. The summed E-state index contributed by atoms with van der Waals surface area (Å²) in [6, 6.07) is 5.50. The Morgan fingerprint density at radius 1 is 1.05 bits per heavy atom. The van der Waals surface area contributed by atoms with Gasteiger partial charge in [-0.15, -0.1) is 0 Å². The lowest BCUT2D eigenvalue weighted by Crippen LogP contribution is -2.28. The van der Waals surface area contributed by atoms with E-state index in [4.69, 9.17) is 9.84 Å². The van der Waals surface area contributed by atoms with Crippen molar-refractivity contribution < 1.29 is 38.8 Å². The third kappa shape index (κ3) is 3.60. The van der Waals surface area contributed by atoms with Crippen molar-refractivity contribution >= 4 is 23.9 Å². The zero-order valence-electron chi connectivity index (χ0n) is 11.3. The van der Waals surface area contributed by atoms with Crippen molar-refractivity contribution in [1.29, 1.82) is 0 Å². The average Bonchev–Trinajstić information content (AvgIpc) is 2.50. The number of esters is 1. The van der Waals surface area contributed by atoms with Gasteiger partial charge in [0, 0.05) is 0 Å². The van der Waals surface area contributed by atoms with Crippen LogP contribution in [0.15, 0.2) is 24.3 Å². The number of carbonyl (C=O) groups excluding carboxylic acids is 3. The van der Waals surface area contributed by atoms with Crippen molar-refractivity contribution in [1.82, 2.24) is 0 Å². The van der Waals surface area contributed by atoms with Gasteiger partial charge in [-0.25, -0.2) is 29.0 Å². The minimum Gasteiger partial charge on any atom is -0.479 e. The monoisotopic (exact) mass is 308 g/mol. The molecule has 1 atom stereocenters. The van der Waals surface area contributed by atoms with Gasteiger partial charge in [0.2, 0.25) is 0 Å². The van der Waals surface area contributed by atoms with Crippen molar-refractivity contribution in [2.24, 2.45) is 0 Å². The van der Waals surface area contributed by atoms with E-state index in [1.165, 1.54) is 24.3 Å². The molecule has 116 valence electrons. The largest absolute Gasteiger partial charge is 0.479 e. The second-order valence-electron chi connectivity index (χ2n) is 4.50. The van der Waals surface area contributed by atoms with Crippen molar-refractivity contribution in [2.75, 3.05) is 0 Å². The van der Waals surface area contributed by atoms with Crippen LogP contribution >= 0.6 is 0 Å². The number of rotatable bonds is 1. The summed E-state index contributed by atoms with van der Waals surface area (Å²) in [7, 11) is 0. The number of carboxylic acid groups (broad SMARTS) is 1. The molecule has 1 heterocycles. The number of carboxylic acids is 1. The molecule has 0 fully saturated rings. The molecule has 0 radical (unpaired) electrons. The number of fused-ring (bicyclic) bond motifs is 1. The number of cyclic esters (lactones) is 1. The van der Waals surface area contributed by atoms with Crippen molar-refractivity contribution in [2.45, 2.75) is 25.4 Å². The number of ether oxygens (including phenoxy) is 1. The second-order valence-corrected chi connectivity index (χ2v) is 4.50. The van der Waals surface area contributed by atoms with Crippen molar-refractivity contribution in [3.05, 3.63) is 35.4 Å². The zero-order chi connectivity index (χ0) is 16.1. The second kappa shape index (κ2) is 6.70. The summed E-state index contributed by atoms with van der Waals surface area (Å²) in [6.45, 7) is 0. The lowest BCUT2D eigenvalue weighted by atomic mass is 10.1. The Balaban J connectivity index is 2.35. The molecule has 1 aromatic rings. The van der Waals surface area contributed by atoms with Gasteiger partial charge in [-0.3, -0.25) is 0 Å². The molecule has 0 saturated heterocycles. The van der Waals surface area contributed by atoms with Gasteiger partial charge in [-0.1, -0.05) is 12.1 Å². The van der Waals surface area contributed by atoms with E-state index in [0.29, 0.717) is 0 Å². The lowest BCUT2D eigenvalue weighted by Gasteiger charge is -2.15. The highest BCUT2D eigenvalue weighted by atomic mass is 17.2. The predicted octanol–water partition coefficient (Wildman–Crippen LogP) is 1.10. The van der Waals surface area contributed by atoms with Crippen LogP contribution in [0.2, 0.25) is 0 Å². The highest BCUT2D eigenvalue weighted by molar-refractivity contribution is 6.03. The Hall–Kier alpha value is -2.90. The van der Waals surface area contributed by atoms with E-state index in [0.717, 1.165) is 0 Å². The summed E-state index contributed by atoms with van der Waals surface area (Å²) in [4.78, 5) is 55.0. The molecule has 0 aromatic heterocycles. The summed E-state index contributed by atoms with van der Waals surface area (Å²) in [5.74, 6) is -4.17. The minimum atomic E-state index is -1.41. The number of aliphatic carboxylic acids is 1. The summed E-state index contributed by atoms with van der Waals surface area (Å²) >= 11 is 0. The fraction of sp³-hybridized carbons (Fsp3) is 0.286. The van der Waals surface area contributed by atoms with Gasteiger partial charge >= 0.3 is 23.9 Å². The standard InChI is InChI=1S/C14H12O8/c15-11-7-3-6-10(12(16)17)20-13(18)8-4-1-2-5-9(8)14(19)22-21-11/h1-2,4-5,10H,3,6-7H2,(H,16,17). The number of hydrogen-bond donors (Lipinski definition) is 1. The molecule has 1 N–H and O–H groups in total. The van der Waals surface area contributed by atoms with Crippen LogP contribution in [0, 0.1) is 0 Å². The first-order chi connectivity index (χ1) is 10.5. The van der Waals surface area contributed by atoms with E-state index in [9.17, 15) is 19.2 Å². The quantitative estimate of drug-likeness (QED) is 0.605. The smallest absolute Gasteiger partial charge is 0.387 e. The van der Waals surface area contributed by atoms with E-state index in [2.05, 4.69) is 9.78 Å². The van der Waals surface area contributed by atoms with Gasteiger partial charge in [0.05, 0.1) is 17.5 Å². The topological polar surface area (TPSA) is 116 Å². The molecule has 0 amide bonds. The average molecular weight is 308 g/mol. The third-order valence-electron chi connectivity index (χ3n) is 2.95. The van der Waals surface area contributed by atoms with Gasteiger partial charge in [0.25, 0.3) is 0 Å². The van der Waals surface area contributed by atoms with Crippen LogP contribution in [-0.4, -0.2) is 35.1 Å². The number of hydrogen-bond acceptors (Lipinski definition) is 7. The Morgan fingerprint density at radius 2 is 1.68 bits per heavy atom. The van der Waals surface area contributed by atoms with Crippen LogP contribution in [0.3, 0.4) is 0 Å². The molecule has 0 aliphatic carbocycles. The Morgan fingerprint density at radius 3 is 2.32 bits per heavy atom. The number of carbonyl (C=O) groups is 4. The first-order valence-electron chi connectivity index (χ1n) is 6.43. The maximum absolute atomic E-state index is 12.0. The van der Waals surface area contributed by atoms with Crippen LogP contribution < -0.4 is 0 Å². The van der Waals surface area contributed by atoms with Gasteiger partial charge < -0.3 is 9.84 Å². The number of benzene rings is 1. The highest BCUT2D eigenvalue weighted by Crippen LogP contribution is 2.16. The third-order valence-corrected chi connectivity index (χ3v) is 2.95. The maximum Gasteiger partial charge on any atom is 0.387 e. The van der Waals surface area contributed by atoms with Crippen molar-refractivity contribution in [3.8, 4) is 0 Å². The molecule has 0 spiro atoms. The first-order valence-corrected chi connectivity index (χ1v) is 6.43. The molecular formula is C14H12O8. The van der Waals surface area contributed by atoms with E-state index < -0.39 is 30.0 Å². The summed E-state index contributed by atoms with van der Waals surface area (Å²) in [5, 5.41) is 9.04. The lowest BCUT2D eigenvalue weighted by molar-refractivity contribution is -0.234. The maximum atomic E-state index is 12.0. The van der Waals surface area contributed by atoms with Crippen LogP contribution in [0.5, 0.6) is 0 Å². The molecule has 1 aliphatic heterocycles. The van der Waals surface area contributed by atoms with Gasteiger partial charge in [-0.2, -0.15) is 0 Å². The summed E-state index contributed by atoms with van der Waals surface area (Å²) in [5.41, 5.74) is -0.361. The molecule has 8 nitrogen and oxygen atoms in total. The van der Waals surface area contributed by atoms with Crippen LogP contribution in [-0.2, 0) is 24.1 Å². The van der Waals surface area contributed by atoms with Gasteiger partial charge in [0.1, 0.15) is 0 Å². The predicted molar refractivity (Wildman–Crippen MR) is 68.6 cm³/mol. The highest BCUT2D eigenvalue weighted by Gasteiger charge is 2.28. The molecule has 1 aromatic carbocycles. The molecule has 2 rings (SSSR count). The molecule has 22 heavy (non-hydrogen) atoms. The fourth-order valence-corrected chi connectivity index (χ4v) is 1.87. The molecule has 0 saturated carbocycles. The van der Waals surface area contributed by atoms with E-state index >= 15 is 0 Å². The van der Waals surface area contributed by atoms with Crippen LogP contribution in [0.1, 0.15) is 40.0 Å². The van der Waals surface area contributed by atoms with E-state index in [1.54, 1.807) is 0 Å². The molecule has 0 bridgehead atoms. The van der Waals surface area contributed by atoms with Gasteiger partial charge in [-0.05, 0) is 25.0 Å². The fourth-order valence-electron chi connectivity index (χ4n) is 1.87. The Bertz CT molecular complexity index is 621. The summed E-state index contributed by atoms with van der Waals surface area (Å²) in [6.07, 6.45) is -1.55.